The maximum atomic E-state index is 12.4. The van der Waals surface area contributed by atoms with E-state index in [1.54, 1.807) is 0 Å². The van der Waals surface area contributed by atoms with Gasteiger partial charge in [-0.2, -0.15) is 0 Å². The molecule has 2 heterocycles. The Bertz CT molecular complexity index is 802. The lowest BCUT2D eigenvalue weighted by atomic mass is 10.0. The van der Waals surface area contributed by atoms with Crippen LogP contribution in [0.3, 0.4) is 0 Å². The van der Waals surface area contributed by atoms with Crippen molar-refractivity contribution in [2.24, 2.45) is 5.92 Å². The quantitative estimate of drug-likeness (QED) is 0.474. The topological polar surface area (TPSA) is 132 Å². The Labute approximate surface area is 150 Å². The molecular formula is C18H23NO7. The summed E-state index contributed by atoms with van der Waals surface area (Å²) in [6, 6.07) is 5.80. The highest BCUT2D eigenvalue weighted by atomic mass is 16.7. The van der Waals surface area contributed by atoms with Crippen molar-refractivity contribution >= 4 is 16.9 Å². The van der Waals surface area contributed by atoms with Gasteiger partial charge in [-0.3, -0.25) is 0 Å². The minimum absolute atomic E-state index is 0.250. The third-order valence-electron chi connectivity index (χ3n) is 4.45. The van der Waals surface area contributed by atoms with E-state index in [0.29, 0.717) is 11.3 Å². The molecule has 0 radical (unpaired) electrons. The maximum Gasteiger partial charge on any atom is 0.343 e. The zero-order valence-corrected chi connectivity index (χ0v) is 14.5. The molecule has 8 heteroatoms. The summed E-state index contributed by atoms with van der Waals surface area (Å²) in [6.07, 6.45) is -2.79. The molecular weight excluding hydrogens is 342 g/mol. The average molecular weight is 365 g/mol. The van der Waals surface area contributed by atoms with Crippen LogP contribution in [-0.4, -0.2) is 62.1 Å². The van der Waals surface area contributed by atoms with Crippen LogP contribution in [0.1, 0.15) is 19.4 Å². The minimum atomic E-state index is -2.41. The number of rotatable bonds is 5. The summed E-state index contributed by atoms with van der Waals surface area (Å²) in [4.78, 5) is 15.3. The van der Waals surface area contributed by atoms with Crippen LogP contribution in [0.25, 0.3) is 10.9 Å². The Morgan fingerprint density at radius 1 is 1.38 bits per heavy atom. The number of carbonyl (C=O) groups is 1. The molecule has 0 unspecified atom stereocenters. The van der Waals surface area contributed by atoms with Crippen molar-refractivity contribution in [1.29, 1.82) is 0 Å². The van der Waals surface area contributed by atoms with E-state index in [9.17, 15) is 20.1 Å². The van der Waals surface area contributed by atoms with Crippen LogP contribution in [-0.2, 0) is 16.0 Å². The van der Waals surface area contributed by atoms with E-state index in [2.05, 4.69) is 18.8 Å². The molecule has 4 atom stereocenters. The molecule has 1 fully saturated rings. The second kappa shape index (κ2) is 6.98. The number of aromatic nitrogens is 1. The standard InChI is InChI=1S/C18H23NO7/c1-9(2)5-10-3-4-12-11(6-10)13(7-19-12)25-17(23)15-14(21)16(22)18(24,8-20)26-15/h3-4,6-7,9,14-16,19-22,24H,5,8H2,1-2H3/t14-,15+,16+,18-/m0/s1. The number of hydrogen-bond acceptors (Lipinski definition) is 7. The van der Waals surface area contributed by atoms with Gasteiger partial charge >= 0.3 is 5.97 Å². The number of fused-ring (bicyclic) bond motifs is 1. The summed E-state index contributed by atoms with van der Waals surface area (Å²) in [7, 11) is 0. The molecule has 1 aliphatic rings. The van der Waals surface area contributed by atoms with E-state index in [1.807, 2.05) is 18.2 Å². The molecule has 1 aromatic carbocycles. The van der Waals surface area contributed by atoms with Gasteiger partial charge in [-0.1, -0.05) is 19.9 Å². The van der Waals surface area contributed by atoms with E-state index in [-0.39, 0.29) is 5.75 Å². The lowest BCUT2D eigenvalue weighted by Gasteiger charge is -2.22. The molecule has 1 saturated heterocycles. The van der Waals surface area contributed by atoms with E-state index < -0.39 is 36.7 Å². The normalized spacial score (nSPS) is 28.8. The second-order valence-electron chi connectivity index (χ2n) is 7.03. The second-order valence-corrected chi connectivity index (χ2v) is 7.03. The van der Waals surface area contributed by atoms with Crippen LogP contribution >= 0.6 is 0 Å². The monoisotopic (exact) mass is 365 g/mol. The summed E-state index contributed by atoms with van der Waals surface area (Å²) >= 11 is 0. The van der Waals surface area contributed by atoms with Crippen LogP contribution in [0.2, 0.25) is 0 Å². The van der Waals surface area contributed by atoms with Crippen LogP contribution in [0.5, 0.6) is 5.75 Å². The van der Waals surface area contributed by atoms with Crippen molar-refractivity contribution < 1.29 is 34.7 Å². The SMILES string of the molecule is CC(C)Cc1ccc2[nH]cc(OC(=O)[C@@H]3O[C@@](O)(CO)[C@H](O)[C@H]3O)c2c1. The first-order chi connectivity index (χ1) is 12.2. The van der Waals surface area contributed by atoms with Crippen LogP contribution < -0.4 is 4.74 Å². The minimum Gasteiger partial charge on any atom is -0.422 e. The molecule has 0 aliphatic carbocycles. The van der Waals surface area contributed by atoms with Gasteiger partial charge < -0.3 is 34.9 Å². The fourth-order valence-electron chi connectivity index (χ4n) is 3.10. The van der Waals surface area contributed by atoms with Crippen molar-refractivity contribution in [3.05, 3.63) is 30.0 Å². The number of aliphatic hydroxyl groups is 4. The average Bonchev–Trinajstić information content (AvgIpc) is 3.09. The Kier molecular flexibility index (Phi) is 5.05. The molecule has 1 aliphatic heterocycles. The van der Waals surface area contributed by atoms with Crippen molar-refractivity contribution in [2.45, 2.75) is 44.4 Å². The number of nitrogens with one attached hydrogen (secondary N) is 1. The van der Waals surface area contributed by atoms with Crippen molar-refractivity contribution in [1.82, 2.24) is 4.98 Å². The molecule has 2 aromatic rings. The summed E-state index contributed by atoms with van der Waals surface area (Å²) in [6.45, 7) is 3.24. The first kappa shape index (κ1) is 18.8. The van der Waals surface area contributed by atoms with Gasteiger partial charge in [0.2, 0.25) is 5.79 Å². The van der Waals surface area contributed by atoms with Crippen LogP contribution in [0.4, 0.5) is 0 Å². The highest BCUT2D eigenvalue weighted by Crippen LogP contribution is 2.32. The number of carbonyl (C=O) groups excluding carboxylic acids is 1. The number of hydrogen-bond donors (Lipinski definition) is 5. The molecule has 0 bridgehead atoms. The Morgan fingerprint density at radius 2 is 2.12 bits per heavy atom. The van der Waals surface area contributed by atoms with Crippen molar-refractivity contribution in [3.63, 3.8) is 0 Å². The summed E-state index contributed by atoms with van der Waals surface area (Å²) in [5.74, 6) is -2.66. The number of ether oxygens (including phenoxy) is 2. The summed E-state index contributed by atoms with van der Waals surface area (Å²) in [5.41, 5.74) is 1.87. The molecule has 5 N–H and O–H groups in total. The van der Waals surface area contributed by atoms with Gasteiger partial charge in [0.05, 0.1) is 6.61 Å². The molecule has 3 rings (SSSR count). The third kappa shape index (κ3) is 3.34. The van der Waals surface area contributed by atoms with Crippen LogP contribution in [0.15, 0.2) is 24.4 Å². The van der Waals surface area contributed by atoms with E-state index in [1.165, 1.54) is 6.20 Å². The Morgan fingerprint density at radius 3 is 2.73 bits per heavy atom. The Hall–Kier alpha value is -1.97. The number of aliphatic hydroxyl groups excluding tert-OH is 3. The molecule has 0 saturated carbocycles. The van der Waals surface area contributed by atoms with Gasteiger partial charge in [0, 0.05) is 17.1 Å². The van der Waals surface area contributed by atoms with Gasteiger partial charge in [-0.05, 0) is 30.0 Å². The Balaban J connectivity index is 1.81. The number of esters is 1. The zero-order chi connectivity index (χ0) is 19.1. The first-order valence-corrected chi connectivity index (χ1v) is 8.44. The van der Waals surface area contributed by atoms with E-state index >= 15 is 0 Å². The van der Waals surface area contributed by atoms with Crippen LogP contribution in [0, 0.1) is 5.92 Å². The van der Waals surface area contributed by atoms with E-state index in [0.717, 1.165) is 17.5 Å². The maximum absolute atomic E-state index is 12.4. The predicted molar refractivity (Wildman–Crippen MR) is 91.4 cm³/mol. The van der Waals surface area contributed by atoms with Crippen molar-refractivity contribution in [3.8, 4) is 5.75 Å². The fraction of sp³-hybridized carbons (Fsp3) is 0.500. The van der Waals surface area contributed by atoms with Gasteiger partial charge in [0.15, 0.2) is 11.9 Å². The van der Waals surface area contributed by atoms with Crippen molar-refractivity contribution in [2.75, 3.05) is 6.61 Å². The zero-order valence-electron chi connectivity index (χ0n) is 14.5. The molecule has 0 spiro atoms. The molecule has 0 amide bonds. The van der Waals surface area contributed by atoms with Gasteiger partial charge in [0.1, 0.15) is 12.2 Å². The number of H-pyrrole nitrogens is 1. The number of benzene rings is 1. The lowest BCUT2D eigenvalue weighted by molar-refractivity contribution is -0.246. The lowest BCUT2D eigenvalue weighted by Crippen LogP contribution is -2.46. The van der Waals surface area contributed by atoms with Gasteiger partial charge in [0.25, 0.3) is 0 Å². The third-order valence-corrected chi connectivity index (χ3v) is 4.45. The smallest absolute Gasteiger partial charge is 0.343 e. The highest BCUT2D eigenvalue weighted by molar-refractivity contribution is 5.90. The first-order valence-electron chi connectivity index (χ1n) is 8.44. The molecule has 26 heavy (non-hydrogen) atoms. The molecule has 142 valence electrons. The van der Waals surface area contributed by atoms with E-state index in [4.69, 9.17) is 14.6 Å². The van der Waals surface area contributed by atoms with Gasteiger partial charge in [-0.25, -0.2) is 4.79 Å². The molecule has 1 aromatic heterocycles. The van der Waals surface area contributed by atoms with Gasteiger partial charge in [-0.15, -0.1) is 0 Å². The summed E-state index contributed by atoms with van der Waals surface area (Å²) < 4.78 is 10.3. The fourth-order valence-corrected chi connectivity index (χ4v) is 3.10. The predicted octanol–water partition coefficient (Wildman–Crippen LogP) is 0.0733. The number of aromatic amines is 1. The molecule has 8 nitrogen and oxygen atoms in total. The summed E-state index contributed by atoms with van der Waals surface area (Å²) in [5, 5.41) is 39.4. The largest absolute Gasteiger partial charge is 0.422 e. The highest BCUT2D eigenvalue weighted by Gasteiger charge is 2.56.